The first-order chi connectivity index (χ1) is 15.3. The maximum Gasteiger partial charge on any atom is 0.262 e. The van der Waals surface area contributed by atoms with Gasteiger partial charge >= 0.3 is 0 Å². The van der Waals surface area contributed by atoms with E-state index in [9.17, 15) is 14.4 Å². The molecule has 1 aliphatic carbocycles. The molecule has 2 aromatic heterocycles. The van der Waals surface area contributed by atoms with E-state index in [2.05, 4.69) is 6.92 Å². The fraction of sp³-hybridized carbons (Fsp3) is 0.417. The van der Waals surface area contributed by atoms with Crippen molar-refractivity contribution < 1.29 is 9.59 Å². The van der Waals surface area contributed by atoms with Crippen LogP contribution in [0.4, 0.5) is 0 Å². The van der Waals surface area contributed by atoms with E-state index < -0.39 is 0 Å². The number of rotatable bonds is 5. The van der Waals surface area contributed by atoms with Gasteiger partial charge in [0.25, 0.3) is 17.4 Å². The molecule has 1 aliphatic heterocycles. The van der Waals surface area contributed by atoms with Gasteiger partial charge in [-0.1, -0.05) is 19.1 Å². The fourth-order valence-corrected chi connectivity index (χ4v) is 6.13. The Hall–Kier alpha value is -2.84. The number of amides is 2. The number of carbonyl (C=O) groups is 2. The Kier molecular flexibility index (Phi) is 5.22. The number of aryl methyl sites for hydroxylation is 1. The first kappa shape index (κ1) is 21.0. The van der Waals surface area contributed by atoms with Crippen LogP contribution in [0.25, 0.3) is 10.2 Å². The van der Waals surface area contributed by atoms with Gasteiger partial charge in [-0.2, -0.15) is 0 Å². The lowest BCUT2D eigenvalue weighted by atomic mass is 9.89. The van der Waals surface area contributed by atoms with Crippen molar-refractivity contribution in [1.82, 2.24) is 19.4 Å². The fourth-order valence-electron chi connectivity index (χ4n) is 4.74. The summed E-state index contributed by atoms with van der Waals surface area (Å²) in [6.07, 6.45) is 2.97. The molecule has 0 radical (unpaired) electrons. The van der Waals surface area contributed by atoms with Crippen molar-refractivity contribution in [3.63, 3.8) is 0 Å². The second-order valence-electron chi connectivity index (χ2n) is 9.06. The Balaban J connectivity index is 1.53. The van der Waals surface area contributed by atoms with E-state index >= 15 is 0 Å². The molecule has 166 valence electrons. The molecule has 1 aromatic carbocycles. The highest BCUT2D eigenvalue weighted by Gasteiger charge is 2.35. The van der Waals surface area contributed by atoms with Crippen LogP contribution in [0.3, 0.4) is 0 Å². The lowest BCUT2D eigenvalue weighted by Crippen LogP contribution is -2.37. The summed E-state index contributed by atoms with van der Waals surface area (Å²) in [4.78, 5) is 49.4. The van der Waals surface area contributed by atoms with E-state index in [0.717, 1.165) is 35.0 Å². The molecule has 5 rings (SSSR count). The number of fused-ring (bicyclic) bond motifs is 4. The van der Waals surface area contributed by atoms with E-state index in [4.69, 9.17) is 4.98 Å². The average molecular weight is 451 g/mol. The topological polar surface area (TPSA) is 75.5 Å². The summed E-state index contributed by atoms with van der Waals surface area (Å²) in [6, 6.07) is 6.86. The minimum Gasteiger partial charge on any atom is -0.302 e. The zero-order chi connectivity index (χ0) is 22.6. The highest BCUT2D eigenvalue weighted by molar-refractivity contribution is 7.18. The van der Waals surface area contributed by atoms with Gasteiger partial charge in [0, 0.05) is 18.0 Å². The Labute approximate surface area is 190 Å². The summed E-state index contributed by atoms with van der Waals surface area (Å²) in [5.74, 6) is 0.677. The van der Waals surface area contributed by atoms with Gasteiger partial charge < -0.3 is 4.90 Å². The molecule has 8 heteroatoms. The van der Waals surface area contributed by atoms with E-state index in [-0.39, 0.29) is 30.5 Å². The minimum absolute atomic E-state index is 0.0597. The van der Waals surface area contributed by atoms with E-state index in [0.29, 0.717) is 29.4 Å². The molecular formula is C24H26N4O3S. The van der Waals surface area contributed by atoms with Gasteiger partial charge in [0.15, 0.2) is 0 Å². The molecule has 0 bridgehead atoms. The predicted octanol–water partition coefficient (Wildman–Crippen LogP) is 2.94. The summed E-state index contributed by atoms with van der Waals surface area (Å²) >= 11 is 1.64. The maximum absolute atomic E-state index is 13.7. The average Bonchev–Trinajstić information content (AvgIpc) is 3.22. The van der Waals surface area contributed by atoms with Crippen LogP contribution >= 0.6 is 11.3 Å². The maximum atomic E-state index is 13.7. The molecule has 2 aliphatic rings. The lowest BCUT2D eigenvalue weighted by molar-refractivity contribution is 0.0647. The van der Waals surface area contributed by atoms with Crippen LogP contribution in [0.2, 0.25) is 0 Å². The van der Waals surface area contributed by atoms with Crippen LogP contribution in [-0.2, 0) is 25.9 Å². The molecular weight excluding hydrogens is 424 g/mol. The number of benzene rings is 1. The Bertz CT molecular complexity index is 1270. The van der Waals surface area contributed by atoms with Crippen LogP contribution in [0.5, 0.6) is 0 Å². The molecule has 2 amide bonds. The van der Waals surface area contributed by atoms with E-state index in [1.807, 2.05) is 19.0 Å². The van der Waals surface area contributed by atoms with Gasteiger partial charge in [0.05, 0.1) is 23.1 Å². The third-order valence-electron chi connectivity index (χ3n) is 6.38. The molecule has 0 saturated carbocycles. The standard InChI is InChI=1S/C24H26N4O3S/c1-14-8-9-17-18(12-14)32-21-20(17)24(31)27(19(25-21)13-26(2)3)10-11-28-22(29)15-6-4-5-7-16(15)23(28)30/h4-7,14H,8-13H2,1-3H3. The molecule has 0 fully saturated rings. The van der Waals surface area contributed by atoms with Gasteiger partial charge in [-0.05, 0) is 57.0 Å². The minimum atomic E-state index is -0.302. The lowest BCUT2D eigenvalue weighted by Gasteiger charge is -2.20. The zero-order valence-electron chi connectivity index (χ0n) is 18.6. The van der Waals surface area contributed by atoms with Crippen LogP contribution in [0.1, 0.15) is 50.3 Å². The van der Waals surface area contributed by atoms with Crippen molar-refractivity contribution in [2.75, 3.05) is 20.6 Å². The molecule has 3 heterocycles. The SMILES string of the molecule is CC1CCc2c(sc3nc(CN(C)C)n(CCN4C(=O)c5ccccc5C4=O)c(=O)c23)C1. The number of thiophene rings is 1. The van der Waals surface area contributed by atoms with Crippen LogP contribution in [0, 0.1) is 5.92 Å². The smallest absolute Gasteiger partial charge is 0.262 e. The molecule has 0 spiro atoms. The third kappa shape index (κ3) is 3.38. The van der Waals surface area contributed by atoms with Crippen molar-refractivity contribution in [2.24, 2.45) is 5.92 Å². The first-order valence-electron chi connectivity index (χ1n) is 11.0. The molecule has 1 unspecified atom stereocenters. The summed E-state index contributed by atoms with van der Waals surface area (Å²) in [6.45, 7) is 3.13. The number of imide groups is 1. The number of aromatic nitrogens is 2. The van der Waals surface area contributed by atoms with Crippen molar-refractivity contribution in [2.45, 2.75) is 39.3 Å². The van der Waals surface area contributed by atoms with Gasteiger partial charge in [-0.15, -0.1) is 11.3 Å². The van der Waals surface area contributed by atoms with Gasteiger partial charge in [0.2, 0.25) is 0 Å². The molecule has 1 atom stereocenters. The largest absolute Gasteiger partial charge is 0.302 e. The van der Waals surface area contributed by atoms with Gasteiger partial charge in [0.1, 0.15) is 10.7 Å². The Morgan fingerprint density at radius 2 is 1.78 bits per heavy atom. The molecule has 7 nitrogen and oxygen atoms in total. The Morgan fingerprint density at radius 1 is 1.09 bits per heavy atom. The van der Waals surface area contributed by atoms with Crippen LogP contribution in [0.15, 0.2) is 29.1 Å². The quantitative estimate of drug-likeness (QED) is 0.559. The van der Waals surface area contributed by atoms with E-state index in [1.54, 1.807) is 40.2 Å². The Morgan fingerprint density at radius 3 is 2.44 bits per heavy atom. The monoisotopic (exact) mass is 450 g/mol. The second kappa shape index (κ2) is 7.94. The number of nitrogens with zero attached hydrogens (tertiary/aromatic N) is 4. The summed E-state index contributed by atoms with van der Waals surface area (Å²) < 4.78 is 1.66. The number of hydrogen-bond donors (Lipinski definition) is 0. The van der Waals surface area contributed by atoms with Crippen molar-refractivity contribution in [3.05, 3.63) is 62.0 Å². The molecule has 0 N–H and O–H groups in total. The van der Waals surface area contributed by atoms with Crippen molar-refractivity contribution in [1.29, 1.82) is 0 Å². The van der Waals surface area contributed by atoms with Gasteiger partial charge in [-0.25, -0.2) is 4.98 Å². The van der Waals surface area contributed by atoms with Crippen LogP contribution < -0.4 is 5.56 Å². The van der Waals surface area contributed by atoms with Gasteiger partial charge in [-0.3, -0.25) is 23.9 Å². The highest BCUT2D eigenvalue weighted by atomic mass is 32.1. The van der Waals surface area contributed by atoms with Crippen molar-refractivity contribution in [3.8, 4) is 0 Å². The number of carbonyl (C=O) groups excluding carboxylic acids is 2. The molecule has 3 aromatic rings. The summed E-state index contributed by atoms with van der Waals surface area (Å²) in [7, 11) is 3.87. The van der Waals surface area contributed by atoms with E-state index in [1.165, 1.54) is 9.78 Å². The van der Waals surface area contributed by atoms with Crippen LogP contribution in [-0.4, -0.2) is 51.8 Å². The third-order valence-corrected chi connectivity index (χ3v) is 7.53. The predicted molar refractivity (Wildman–Crippen MR) is 124 cm³/mol. The summed E-state index contributed by atoms with van der Waals surface area (Å²) in [5, 5.41) is 0.724. The highest BCUT2D eigenvalue weighted by Crippen LogP contribution is 2.36. The zero-order valence-corrected chi connectivity index (χ0v) is 19.4. The second-order valence-corrected chi connectivity index (χ2v) is 10.1. The molecule has 32 heavy (non-hydrogen) atoms. The molecule has 0 saturated heterocycles. The normalized spacial score (nSPS) is 18.0. The summed E-state index contributed by atoms with van der Waals surface area (Å²) in [5.41, 5.74) is 1.93. The van der Waals surface area contributed by atoms with Crippen molar-refractivity contribution >= 4 is 33.4 Å². The number of hydrogen-bond acceptors (Lipinski definition) is 6. The first-order valence-corrected chi connectivity index (χ1v) is 11.8.